The van der Waals surface area contributed by atoms with E-state index in [-0.39, 0.29) is 42.7 Å². The molecule has 13 heteroatoms. The second kappa shape index (κ2) is 11.5. The number of aromatic nitrogens is 2. The van der Waals surface area contributed by atoms with Crippen LogP contribution < -0.4 is 16.6 Å². The second-order valence-corrected chi connectivity index (χ2v) is 11.0. The third-order valence-corrected chi connectivity index (χ3v) is 7.91. The third-order valence-electron chi connectivity index (χ3n) is 7.91. The van der Waals surface area contributed by atoms with Crippen LogP contribution in [-0.4, -0.2) is 44.7 Å². The number of esters is 1. The summed E-state index contributed by atoms with van der Waals surface area (Å²) in [5.74, 6) is -2.42. The van der Waals surface area contributed by atoms with Gasteiger partial charge >= 0.3 is 18.1 Å². The van der Waals surface area contributed by atoms with E-state index >= 15 is 0 Å². The average Bonchev–Trinajstić information content (AvgIpc) is 3.38. The molecule has 0 aliphatic carbocycles. The van der Waals surface area contributed by atoms with Crippen LogP contribution in [0.5, 0.6) is 0 Å². The number of para-hydroxylation sites is 1. The standard InChI is InChI=1S/C32H28N4O9/c1-32(45-31(42)44-15-17-6-8-20(9-7-17)34-26(37)11-10-23(33)29(39)40)22-13-25-27-19(12-18-4-2-3-5-24(18)35-27)14-36(25)28(38)21(22)16-43-30(32)41/h2-9,12-13,23H,10-11,14-16,33H2,1H3,(H,34,37)(H,39,40)/t23?,32-/m0/s1. The summed E-state index contributed by atoms with van der Waals surface area (Å²) in [5, 5.41) is 12.4. The fourth-order valence-electron chi connectivity index (χ4n) is 5.42. The number of carboxylic acids is 1. The van der Waals surface area contributed by atoms with E-state index in [1.165, 1.54) is 6.92 Å². The molecular weight excluding hydrogens is 584 g/mol. The first-order valence-corrected chi connectivity index (χ1v) is 14.1. The van der Waals surface area contributed by atoms with Crippen molar-refractivity contribution in [1.82, 2.24) is 9.55 Å². The summed E-state index contributed by atoms with van der Waals surface area (Å²) < 4.78 is 17.7. The van der Waals surface area contributed by atoms with E-state index in [2.05, 4.69) is 5.32 Å². The van der Waals surface area contributed by atoms with Crippen molar-refractivity contribution in [2.45, 2.75) is 51.2 Å². The number of carbonyl (C=O) groups excluding carboxylic acids is 3. The van der Waals surface area contributed by atoms with E-state index in [1.807, 2.05) is 30.3 Å². The van der Waals surface area contributed by atoms with Gasteiger partial charge in [-0.2, -0.15) is 0 Å². The number of benzene rings is 2. The van der Waals surface area contributed by atoms with E-state index in [9.17, 15) is 24.0 Å². The van der Waals surface area contributed by atoms with Crippen LogP contribution >= 0.6 is 0 Å². The summed E-state index contributed by atoms with van der Waals surface area (Å²) in [6, 6.07) is 16.5. The number of fused-ring (bicyclic) bond motifs is 5. The van der Waals surface area contributed by atoms with Gasteiger partial charge in [-0.15, -0.1) is 0 Å². The van der Waals surface area contributed by atoms with Gasteiger partial charge < -0.3 is 34.9 Å². The van der Waals surface area contributed by atoms with E-state index < -0.39 is 35.6 Å². The molecule has 0 radical (unpaired) electrons. The Hall–Kier alpha value is -5.56. The summed E-state index contributed by atoms with van der Waals surface area (Å²) in [6.45, 7) is 1.19. The van der Waals surface area contributed by atoms with Crippen molar-refractivity contribution < 1.29 is 38.5 Å². The number of hydrogen-bond acceptors (Lipinski definition) is 10. The number of hydrogen-bond donors (Lipinski definition) is 3. The molecule has 2 aliphatic rings. The molecule has 0 spiro atoms. The molecule has 45 heavy (non-hydrogen) atoms. The Kier molecular flexibility index (Phi) is 7.54. The molecular formula is C32H28N4O9. The first-order chi connectivity index (χ1) is 21.5. The molecule has 1 unspecified atom stereocenters. The minimum Gasteiger partial charge on any atom is -0.480 e. The van der Waals surface area contributed by atoms with E-state index in [4.69, 9.17) is 30.0 Å². The normalized spacial score (nSPS) is 17.0. The van der Waals surface area contributed by atoms with Crippen LogP contribution in [0.4, 0.5) is 10.5 Å². The zero-order valence-corrected chi connectivity index (χ0v) is 24.1. The van der Waals surface area contributed by atoms with E-state index in [0.717, 1.165) is 16.5 Å². The van der Waals surface area contributed by atoms with Gasteiger partial charge in [-0.05, 0) is 49.2 Å². The third kappa shape index (κ3) is 5.60. The maximum Gasteiger partial charge on any atom is 0.510 e. The average molecular weight is 613 g/mol. The summed E-state index contributed by atoms with van der Waals surface area (Å²) in [5.41, 5.74) is 7.26. The molecule has 2 aromatic heterocycles. The first kappa shape index (κ1) is 29.5. The Bertz CT molecular complexity index is 1940. The Morgan fingerprint density at radius 2 is 1.89 bits per heavy atom. The number of carboxylic acid groups (broad SMARTS) is 1. The highest BCUT2D eigenvalue weighted by atomic mass is 16.7. The Balaban J connectivity index is 1.15. The molecule has 13 nitrogen and oxygen atoms in total. The van der Waals surface area contributed by atoms with Crippen LogP contribution in [0.25, 0.3) is 22.3 Å². The lowest BCUT2D eigenvalue weighted by atomic mass is 9.89. The van der Waals surface area contributed by atoms with Crippen LogP contribution in [-0.2, 0) is 54.0 Å². The number of rotatable bonds is 8. The molecule has 0 fully saturated rings. The van der Waals surface area contributed by atoms with Crippen molar-refractivity contribution in [3.63, 3.8) is 0 Å². The number of nitrogens with zero attached hydrogens (tertiary/aromatic N) is 2. The number of carbonyl (C=O) groups is 4. The van der Waals surface area contributed by atoms with Gasteiger partial charge in [0.05, 0.1) is 29.0 Å². The number of ether oxygens (including phenoxy) is 3. The SMILES string of the molecule is C[C@@]1(OC(=O)OCc2ccc(NC(=O)CCC(N)C(=O)O)cc2)C(=O)OCc2c1cc1n(c2=O)Cc2cc3ccccc3nc2-1. The number of nitrogens with one attached hydrogen (secondary N) is 1. The zero-order valence-electron chi connectivity index (χ0n) is 24.1. The predicted octanol–water partition coefficient (Wildman–Crippen LogP) is 3.18. The topological polar surface area (TPSA) is 189 Å². The molecule has 2 atom stereocenters. The lowest BCUT2D eigenvalue weighted by molar-refractivity contribution is -0.172. The summed E-state index contributed by atoms with van der Waals surface area (Å²) in [6.07, 6.45) is -1.23. The van der Waals surface area contributed by atoms with Crippen LogP contribution in [0.2, 0.25) is 0 Å². The molecule has 230 valence electrons. The second-order valence-electron chi connectivity index (χ2n) is 11.0. The highest BCUT2D eigenvalue weighted by molar-refractivity contribution is 5.91. The summed E-state index contributed by atoms with van der Waals surface area (Å²) in [4.78, 5) is 67.0. The molecule has 4 N–H and O–H groups in total. The van der Waals surface area contributed by atoms with Crippen LogP contribution in [0.3, 0.4) is 0 Å². The number of amides is 1. The zero-order chi connectivity index (χ0) is 31.9. The highest BCUT2D eigenvalue weighted by Crippen LogP contribution is 2.39. The van der Waals surface area contributed by atoms with Crippen LogP contribution in [0, 0.1) is 0 Å². The maximum atomic E-state index is 13.6. The predicted molar refractivity (Wildman–Crippen MR) is 159 cm³/mol. The number of cyclic esters (lactones) is 1. The Labute approximate surface area is 255 Å². The molecule has 6 rings (SSSR count). The van der Waals surface area contributed by atoms with Gasteiger partial charge in [-0.3, -0.25) is 14.4 Å². The molecule has 0 saturated carbocycles. The van der Waals surface area contributed by atoms with Gasteiger partial charge in [-0.1, -0.05) is 30.3 Å². The van der Waals surface area contributed by atoms with Crippen molar-refractivity contribution in [2.24, 2.45) is 5.73 Å². The fraction of sp³-hybridized carbons (Fsp3) is 0.250. The lowest BCUT2D eigenvalue weighted by Gasteiger charge is -2.32. The minimum absolute atomic E-state index is 0.00898. The largest absolute Gasteiger partial charge is 0.510 e. The molecule has 4 heterocycles. The Morgan fingerprint density at radius 1 is 1.13 bits per heavy atom. The number of aliphatic carboxylic acids is 1. The van der Waals surface area contributed by atoms with Gasteiger partial charge in [0.1, 0.15) is 19.3 Å². The Morgan fingerprint density at radius 3 is 2.64 bits per heavy atom. The quantitative estimate of drug-likeness (QED) is 0.218. The monoisotopic (exact) mass is 612 g/mol. The summed E-state index contributed by atoms with van der Waals surface area (Å²) in [7, 11) is 0. The molecule has 1 amide bonds. The first-order valence-electron chi connectivity index (χ1n) is 14.1. The van der Waals surface area contributed by atoms with Gasteiger partial charge in [0.25, 0.3) is 5.56 Å². The van der Waals surface area contributed by atoms with Crippen molar-refractivity contribution >= 4 is 40.6 Å². The molecule has 4 aromatic rings. The number of anilines is 1. The van der Waals surface area contributed by atoms with Gasteiger partial charge in [0, 0.05) is 28.6 Å². The summed E-state index contributed by atoms with van der Waals surface area (Å²) >= 11 is 0. The lowest BCUT2D eigenvalue weighted by Crippen LogP contribution is -2.45. The molecule has 0 saturated heterocycles. The van der Waals surface area contributed by atoms with Gasteiger partial charge in [0.2, 0.25) is 11.5 Å². The van der Waals surface area contributed by atoms with Gasteiger partial charge in [0.15, 0.2) is 0 Å². The van der Waals surface area contributed by atoms with E-state index in [1.54, 1.807) is 34.9 Å². The van der Waals surface area contributed by atoms with E-state index in [0.29, 0.717) is 29.2 Å². The highest BCUT2D eigenvalue weighted by Gasteiger charge is 2.48. The number of pyridine rings is 2. The van der Waals surface area contributed by atoms with Crippen LogP contribution in [0.15, 0.2) is 65.5 Å². The van der Waals surface area contributed by atoms with Crippen LogP contribution in [0.1, 0.15) is 42.0 Å². The fourth-order valence-corrected chi connectivity index (χ4v) is 5.42. The minimum atomic E-state index is -1.95. The van der Waals surface area contributed by atoms with Crippen molar-refractivity contribution in [3.8, 4) is 11.4 Å². The maximum absolute atomic E-state index is 13.6. The molecule has 2 aromatic carbocycles. The van der Waals surface area contributed by atoms with Gasteiger partial charge in [-0.25, -0.2) is 14.6 Å². The van der Waals surface area contributed by atoms with Crippen molar-refractivity contribution in [1.29, 1.82) is 0 Å². The smallest absolute Gasteiger partial charge is 0.480 e. The molecule has 2 aliphatic heterocycles. The van der Waals surface area contributed by atoms with Crippen molar-refractivity contribution in [3.05, 3.63) is 93.3 Å². The number of nitrogens with two attached hydrogens (primary N) is 1. The van der Waals surface area contributed by atoms with Crippen molar-refractivity contribution in [2.75, 3.05) is 5.32 Å². The molecule has 0 bridgehead atoms.